The summed E-state index contributed by atoms with van der Waals surface area (Å²) in [6.45, 7) is 5.88. The number of halogens is 1. The highest BCUT2D eigenvalue weighted by molar-refractivity contribution is 5.78. The molecule has 20 heavy (non-hydrogen) atoms. The Morgan fingerprint density at radius 3 is 2.55 bits per heavy atom. The highest BCUT2D eigenvalue weighted by Gasteiger charge is 2.22. The lowest BCUT2D eigenvalue weighted by Crippen LogP contribution is -2.44. The molecule has 1 aromatic carbocycles. The molecule has 0 saturated carbocycles. The number of likely N-dealkylation sites (tertiary alicyclic amines) is 1. The summed E-state index contributed by atoms with van der Waals surface area (Å²) in [6.07, 6.45) is 2.53. The average molecular weight is 278 g/mol. The zero-order valence-corrected chi connectivity index (χ0v) is 12.2. The molecule has 0 aliphatic carbocycles. The normalized spacial score (nSPS) is 18.4. The van der Waals surface area contributed by atoms with Crippen molar-refractivity contribution < 1.29 is 9.18 Å². The molecule has 1 heterocycles. The second kappa shape index (κ2) is 6.84. The third-order valence-electron chi connectivity index (χ3n) is 3.69. The molecule has 1 fully saturated rings. The summed E-state index contributed by atoms with van der Waals surface area (Å²) in [7, 11) is 0. The summed E-state index contributed by atoms with van der Waals surface area (Å²) in [4.78, 5) is 13.5. The van der Waals surface area contributed by atoms with E-state index in [1.165, 1.54) is 12.1 Å². The second-order valence-corrected chi connectivity index (χ2v) is 5.74. The maximum Gasteiger partial charge on any atom is 0.222 e. The Labute approximate surface area is 120 Å². The van der Waals surface area contributed by atoms with Gasteiger partial charge in [-0.15, -0.1) is 0 Å². The van der Waals surface area contributed by atoms with Gasteiger partial charge in [0.1, 0.15) is 5.82 Å². The number of nitrogens with zero attached hydrogens (tertiary/aromatic N) is 1. The van der Waals surface area contributed by atoms with Gasteiger partial charge in [-0.25, -0.2) is 4.39 Å². The van der Waals surface area contributed by atoms with Gasteiger partial charge < -0.3 is 10.2 Å². The number of benzene rings is 1. The van der Waals surface area contributed by atoms with Crippen molar-refractivity contribution in [2.24, 2.45) is 0 Å². The summed E-state index contributed by atoms with van der Waals surface area (Å²) in [5.74, 6) is 0.0695. The number of nitrogens with one attached hydrogen (secondary N) is 1. The molecule has 4 heteroatoms. The monoisotopic (exact) mass is 278 g/mol. The Kier molecular flexibility index (Phi) is 5.12. The van der Waals surface area contributed by atoms with Crippen LogP contribution in [0.15, 0.2) is 24.3 Å². The lowest BCUT2D eigenvalue weighted by molar-refractivity contribution is -0.127. The maximum absolute atomic E-state index is 12.8. The van der Waals surface area contributed by atoms with Crippen LogP contribution in [-0.4, -0.2) is 36.0 Å². The molecule has 0 aromatic heterocycles. The number of hydrogen-bond acceptors (Lipinski definition) is 2. The number of hydrogen-bond donors (Lipinski definition) is 1. The van der Waals surface area contributed by atoms with E-state index < -0.39 is 0 Å². The zero-order valence-electron chi connectivity index (χ0n) is 12.2. The standard InChI is InChI=1S/C16H23FN2O/c1-12(10-14-5-7-15(17)8-6-14)18-13(2)11-19-9-3-4-16(19)20/h5-8,12-13,18H,3-4,9-11H2,1-2H3. The molecule has 0 spiro atoms. The first-order chi connectivity index (χ1) is 9.54. The van der Waals surface area contributed by atoms with Gasteiger partial charge >= 0.3 is 0 Å². The minimum absolute atomic E-state index is 0.199. The molecular formula is C16H23FN2O. The Balaban J connectivity index is 1.77. The van der Waals surface area contributed by atoms with E-state index in [0.717, 1.165) is 31.5 Å². The van der Waals surface area contributed by atoms with Crippen LogP contribution in [0.2, 0.25) is 0 Å². The van der Waals surface area contributed by atoms with Crippen molar-refractivity contribution in [3.8, 4) is 0 Å². The van der Waals surface area contributed by atoms with Gasteiger partial charge in [-0.1, -0.05) is 12.1 Å². The fourth-order valence-electron chi connectivity index (χ4n) is 2.80. The zero-order chi connectivity index (χ0) is 14.5. The van der Waals surface area contributed by atoms with E-state index in [-0.39, 0.29) is 17.8 Å². The highest BCUT2D eigenvalue weighted by Crippen LogP contribution is 2.11. The Morgan fingerprint density at radius 2 is 1.95 bits per heavy atom. The van der Waals surface area contributed by atoms with Gasteiger partial charge in [0.05, 0.1) is 0 Å². The van der Waals surface area contributed by atoms with Crippen LogP contribution in [0, 0.1) is 5.82 Å². The van der Waals surface area contributed by atoms with Crippen molar-refractivity contribution in [3.05, 3.63) is 35.6 Å². The SMILES string of the molecule is CC(Cc1ccc(F)cc1)NC(C)CN1CCCC1=O. The van der Waals surface area contributed by atoms with Crippen molar-refractivity contribution >= 4 is 5.91 Å². The summed E-state index contributed by atoms with van der Waals surface area (Å²) < 4.78 is 12.8. The first-order valence-corrected chi connectivity index (χ1v) is 7.33. The quantitative estimate of drug-likeness (QED) is 0.866. The van der Waals surface area contributed by atoms with Crippen molar-refractivity contribution in [1.29, 1.82) is 0 Å². The molecule has 1 amide bonds. The van der Waals surface area contributed by atoms with Crippen molar-refractivity contribution in [1.82, 2.24) is 10.2 Å². The summed E-state index contributed by atoms with van der Waals surface area (Å²) in [5.41, 5.74) is 1.12. The predicted molar refractivity (Wildman–Crippen MR) is 78.0 cm³/mol. The summed E-state index contributed by atoms with van der Waals surface area (Å²) >= 11 is 0. The van der Waals surface area contributed by atoms with E-state index in [1.54, 1.807) is 0 Å². The van der Waals surface area contributed by atoms with E-state index >= 15 is 0 Å². The van der Waals surface area contributed by atoms with Crippen LogP contribution in [0.1, 0.15) is 32.3 Å². The van der Waals surface area contributed by atoms with E-state index in [2.05, 4.69) is 19.2 Å². The minimum atomic E-state index is -0.199. The first-order valence-electron chi connectivity index (χ1n) is 7.33. The van der Waals surface area contributed by atoms with Gasteiger partial charge in [-0.2, -0.15) is 0 Å². The summed E-state index contributed by atoms with van der Waals surface area (Å²) in [5, 5.41) is 3.50. The van der Waals surface area contributed by atoms with Gasteiger partial charge in [-0.3, -0.25) is 4.79 Å². The van der Waals surface area contributed by atoms with Gasteiger partial charge in [-0.05, 0) is 44.4 Å². The van der Waals surface area contributed by atoms with Crippen LogP contribution in [0.25, 0.3) is 0 Å². The summed E-state index contributed by atoms with van der Waals surface area (Å²) in [6, 6.07) is 7.20. The molecule has 1 aliphatic rings. The van der Waals surface area contributed by atoms with Gasteiger partial charge in [0.15, 0.2) is 0 Å². The van der Waals surface area contributed by atoms with Gasteiger partial charge in [0.25, 0.3) is 0 Å². The van der Waals surface area contributed by atoms with Crippen molar-refractivity contribution in [2.75, 3.05) is 13.1 Å². The van der Waals surface area contributed by atoms with Gasteiger partial charge in [0.2, 0.25) is 5.91 Å². The molecule has 2 unspecified atom stereocenters. The molecule has 110 valence electrons. The fourth-order valence-corrected chi connectivity index (χ4v) is 2.80. The van der Waals surface area contributed by atoms with Crippen LogP contribution >= 0.6 is 0 Å². The number of amides is 1. The molecule has 3 nitrogen and oxygen atoms in total. The molecule has 1 aliphatic heterocycles. The van der Waals surface area contributed by atoms with Crippen molar-refractivity contribution in [3.63, 3.8) is 0 Å². The van der Waals surface area contributed by atoms with Crippen LogP contribution < -0.4 is 5.32 Å². The minimum Gasteiger partial charge on any atom is -0.341 e. The molecule has 2 atom stereocenters. The molecule has 0 radical (unpaired) electrons. The molecule has 0 bridgehead atoms. The number of rotatable bonds is 6. The molecular weight excluding hydrogens is 255 g/mol. The van der Waals surface area contributed by atoms with E-state index in [9.17, 15) is 9.18 Å². The van der Waals surface area contributed by atoms with E-state index in [0.29, 0.717) is 12.5 Å². The smallest absolute Gasteiger partial charge is 0.222 e. The Hall–Kier alpha value is -1.42. The number of carbonyl (C=O) groups is 1. The Morgan fingerprint density at radius 1 is 1.25 bits per heavy atom. The van der Waals surface area contributed by atoms with Crippen LogP contribution in [0.4, 0.5) is 4.39 Å². The van der Waals surface area contributed by atoms with E-state index in [4.69, 9.17) is 0 Å². The maximum atomic E-state index is 12.8. The third-order valence-corrected chi connectivity index (χ3v) is 3.69. The molecule has 1 saturated heterocycles. The van der Waals surface area contributed by atoms with Crippen LogP contribution in [0.5, 0.6) is 0 Å². The van der Waals surface area contributed by atoms with Crippen molar-refractivity contribution in [2.45, 2.75) is 45.2 Å². The topological polar surface area (TPSA) is 32.3 Å². The van der Waals surface area contributed by atoms with Gasteiger partial charge in [0, 0.05) is 31.6 Å². The molecule has 1 aromatic rings. The van der Waals surface area contributed by atoms with Crippen LogP contribution in [-0.2, 0) is 11.2 Å². The first kappa shape index (κ1) is 15.0. The lowest BCUT2D eigenvalue weighted by atomic mass is 10.1. The largest absolute Gasteiger partial charge is 0.341 e. The highest BCUT2D eigenvalue weighted by atomic mass is 19.1. The number of carbonyl (C=O) groups excluding carboxylic acids is 1. The molecule has 2 rings (SSSR count). The van der Waals surface area contributed by atoms with Crippen LogP contribution in [0.3, 0.4) is 0 Å². The lowest BCUT2D eigenvalue weighted by Gasteiger charge is -2.25. The Bertz CT molecular complexity index is 446. The predicted octanol–water partition coefficient (Wildman–Crippen LogP) is 2.36. The molecule has 1 N–H and O–H groups in total. The van der Waals surface area contributed by atoms with E-state index in [1.807, 2.05) is 17.0 Å². The fraction of sp³-hybridized carbons (Fsp3) is 0.562. The third kappa shape index (κ3) is 4.30. The second-order valence-electron chi connectivity index (χ2n) is 5.74. The average Bonchev–Trinajstić information content (AvgIpc) is 2.77.